The van der Waals surface area contributed by atoms with E-state index in [9.17, 15) is 0 Å². The molecule has 0 saturated heterocycles. The van der Waals surface area contributed by atoms with Gasteiger partial charge < -0.3 is 14.1 Å². The zero-order chi connectivity index (χ0) is 8.23. The van der Waals surface area contributed by atoms with Crippen LogP contribution in [0.4, 0.5) is 0 Å². The van der Waals surface area contributed by atoms with Crippen molar-refractivity contribution in [2.45, 2.75) is 6.61 Å². The van der Waals surface area contributed by atoms with Gasteiger partial charge in [-0.3, -0.25) is 0 Å². The molecule has 0 aromatic carbocycles. The third-order valence-corrected chi connectivity index (χ3v) is 1.37. The summed E-state index contributed by atoms with van der Waals surface area (Å²) in [5.41, 5.74) is 0. The van der Waals surface area contributed by atoms with Crippen molar-refractivity contribution in [1.29, 1.82) is 0 Å². The fraction of sp³-hybridized carbons (Fsp3) is 0.125. The van der Waals surface area contributed by atoms with E-state index in [1.807, 2.05) is 12.1 Å². The monoisotopic (exact) mass is 163 g/mol. The van der Waals surface area contributed by atoms with Crippen molar-refractivity contribution in [3.63, 3.8) is 0 Å². The molecule has 0 atom stereocenters. The van der Waals surface area contributed by atoms with E-state index in [0.29, 0.717) is 12.5 Å². The number of hydrogen-bond acceptors (Lipinski definition) is 3. The smallest absolute Gasteiger partial charge is 0.232 e. The quantitative estimate of drug-likeness (QED) is 0.743. The predicted molar refractivity (Wildman–Crippen MR) is 40.5 cm³/mol. The number of furan rings is 1. The van der Waals surface area contributed by atoms with Crippen LogP contribution in [-0.2, 0) is 6.61 Å². The molecule has 2 heterocycles. The average molecular weight is 163 g/mol. The Morgan fingerprint density at radius 2 is 2.67 bits per heavy atom. The molecule has 0 fully saturated rings. The minimum atomic E-state index is 0.395. The predicted octanol–water partition coefficient (Wildman–Crippen LogP) is 1.38. The molecule has 0 aliphatic heterocycles. The molecule has 0 amide bonds. The van der Waals surface area contributed by atoms with Crippen molar-refractivity contribution >= 4 is 0 Å². The number of nitrogens with one attached hydrogen (secondary N) is 1. The molecule has 12 heavy (non-hydrogen) atoms. The summed E-state index contributed by atoms with van der Waals surface area (Å²) in [6.45, 7) is 0.395. The van der Waals surface area contributed by atoms with Gasteiger partial charge in [-0.1, -0.05) is 0 Å². The maximum Gasteiger partial charge on any atom is 0.232 e. The van der Waals surface area contributed by atoms with Gasteiger partial charge in [0, 0.05) is 0 Å². The molecule has 0 saturated carbocycles. The zero-order valence-corrected chi connectivity index (χ0v) is 6.28. The highest BCUT2D eigenvalue weighted by Crippen LogP contribution is 2.06. The van der Waals surface area contributed by atoms with Gasteiger partial charge in [-0.25, -0.2) is 0 Å². The van der Waals surface area contributed by atoms with E-state index in [0.717, 1.165) is 5.76 Å². The summed E-state index contributed by atoms with van der Waals surface area (Å²) in [4.78, 5) is 6.44. The Bertz CT molecular complexity index is 278. The van der Waals surface area contributed by atoms with Gasteiger partial charge >= 0.3 is 0 Å². The molecule has 0 bridgehead atoms. The summed E-state index contributed by atoms with van der Waals surface area (Å²) < 4.78 is 10.3. The molecule has 1 N–H and O–H groups in total. The lowest BCUT2D eigenvalue weighted by Crippen LogP contribution is -1.92. The highest BCUT2D eigenvalue weighted by molar-refractivity contribution is 5.03. The second-order valence-corrected chi connectivity index (χ2v) is 2.22. The van der Waals surface area contributed by atoms with E-state index in [-0.39, 0.29) is 0 Å². The maximum atomic E-state index is 5.22. The van der Waals surface area contributed by atoms with Crippen LogP contribution >= 0.6 is 0 Å². The van der Waals surface area contributed by atoms with E-state index >= 15 is 0 Å². The molecule has 1 radical (unpaired) electrons. The average Bonchev–Trinajstić information content (AvgIpc) is 2.74. The van der Waals surface area contributed by atoms with Crippen LogP contribution in [-0.4, -0.2) is 9.97 Å². The molecule has 4 heteroatoms. The van der Waals surface area contributed by atoms with Gasteiger partial charge in [-0.15, -0.1) is 0 Å². The number of nitrogens with zero attached hydrogens (tertiary/aromatic N) is 1. The molecule has 2 rings (SSSR count). The topological polar surface area (TPSA) is 51.1 Å². The number of H-pyrrole nitrogens is 1. The lowest BCUT2D eigenvalue weighted by molar-refractivity contribution is 0.261. The van der Waals surface area contributed by atoms with E-state index in [4.69, 9.17) is 9.15 Å². The molecular weight excluding hydrogens is 156 g/mol. The van der Waals surface area contributed by atoms with Crippen LogP contribution in [0.5, 0.6) is 5.88 Å². The molecule has 61 valence electrons. The lowest BCUT2D eigenvalue weighted by Gasteiger charge is -1.97. The van der Waals surface area contributed by atoms with Crippen LogP contribution in [0, 0.1) is 6.33 Å². The highest BCUT2D eigenvalue weighted by Gasteiger charge is 1.98. The summed E-state index contributed by atoms with van der Waals surface area (Å²) >= 11 is 0. The number of imidazole rings is 1. The number of aromatic amines is 1. The van der Waals surface area contributed by atoms with Gasteiger partial charge in [0.15, 0.2) is 6.33 Å². The van der Waals surface area contributed by atoms with Gasteiger partial charge in [0.1, 0.15) is 12.4 Å². The summed E-state index contributed by atoms with van der Waals surface area (Å²) in [5.74, 6) is 1.30. The van der Waals surface area contributed by atoms with Gasteiger partial charge in [-0.05, 0) is 12.1 Å². The van der Waals surface area contributed by atoms with Gasteiger partial charge in [-0.2, -0.15) is 4.98 Å². The first-order chi connectivity index (χ1) is 5.95. The Balaban J connectivity index is 1.91. The second-order valence-electron chi connectivity index (χ2n) is 2.22. The molecule has 0 aliphatic carbocycles. The summed E-state index contributed by atoms with van der Waals surface area (Å²) in [7, 11) is 0. The van der Waals surface area contributed by atoms with Crippen LogP contribution in [0.2, 0.25) is 0 Å². The number of ether oxygens (including phenoxy) is 1. The molecule has 0 unspecified atom stereocenters. The van der Waals surface area contributed by atoms with Crippen molar-refractivity contribution in [2.75, 3.05) is 0 Å². The molecule has 4 nitrogen and oxygen atoms in total. The minimum absolute atomic E-state index is 0.395. The van der Waals surface area contributed by atoms with Crippen LogP contribution < -0.4 is 4.74 Å². The van der Waals surface area contributed by atoms with E-state index in [2.05, 4.69) is 16.3 Å². The van der Waals surface area contributed by atoms with Crippen molar-refractivity contribution in [3.8, 4) is 5.88 Å². The Morgan fingerprint density at radius 3 is 3.33 bits per heavy atom. The SMILES string of the molecule is [c]1nc(OCc2ccco2)c[nH]1. The number of aromatic nitrogens is 2. The summed E-state index contributed by atoms with van der Waals surface area (Å²) in [5, 5.41) is 0. The largest absolute Gasteiger partial charge is 0.468 e. The summed E-state index contributed by atoms with van der Waals surface area (Å²) in [6, 6.07) is 3.66. The molecule has 2 aromatic heterocycles. The summed E-state index contributed by atoms with van der Waals surface area (Å²) in [6.07, 6.45) is 5.76. The fourth-order valence-electron chi connectivity index (χ4n) is 0.827. The lowest BCUT2D eigenvalue weighted by atomic mass is 10.5. The van der Waals surface area contributed by atoms with E-state index in [1.54, 1.807) is 12.5 Å². The molecule has 2 aromatic rings. The first kappa shape index (κ1) is 6.97. The maximum absolute atomic E-state index is 5.22. The highest BCUT2D eigenvalue weighted by atomic mass is 16.5. The van der Waals surface area contributed by atoms with Crippen molar-refractivity contribution in [3.05, 3.63) is 36.7 Å². The van der Waals surface area contributed by atoms with Crippen LogP contribution in [0.1, 0.15) is 5.76 Å². The standard InChI is InChI=1S/C8H7N2O2/c1-2-7(11-3-1)5-12-8-4-9-6-10-8/h1-4H,5H2,(H,9,10). The first-order valence-corrected chi connectivity index (χ1v) is 3.52. The van der Waals surface area contributed by atoms with E-state index in [1.165, 1.54) is 0 Å². The van der Waals surface area contributed by atoms with Crippen molar-refractivity contribution in [2.24, 2.45) is 0 Å². The number of hydrogen-bond donors (Lipinski definition) is 1. The fourth-order valence-corrected chi connectivity index (χ4v) is 0.827. The van der Waals surface area contributed by atoms with Crippen LogP contribution in [0.25, 0.3) is 0 Å². The Labute approximate surface area is 69.2 Å². The molecular formula is C8H7N2O2. The first-order valence-electron chi connectivity index (χ1n) is 3.52. The van der Waals surface area contributed by atoms with Gasteiger partial charge in [0.2, 0.25) is 5.88 Å². The minimum Gasteiger partial charge on any atom is -0.468 e. The second kappa shape index (κ2) is 3.13. The van der Waals surface area contributed by atoms with Crippen molar-refractivity contribution < 1.29 is 9.15 Å². The molecule has 0 spiro atoms. The Kier molecular flexibility index (Phi) is 1.82. The Morgan fingerprint density at radius 1 is 1.67 bits per heavy atom. The zero-order valence-electron chi connectivity index (χ0n) is 6.28. The third-order valence-electron chi connectivity index (χ3n) is 1.37. The number of rotatable bonds is 3. The van der Waals surface area contributed by atoms with Crippen LogP contribution in [0.3, 0.4) is 0 Å². The van der Waals surface area contributed by atoms with Gasteiger partial charge in [0.25, 0.3) is 0 Å². The third kappa shape index (κ3) is 1.47. The van der Waals surface area contributed by atoms with Crippen molar-refractivity contribution in [1.82, 2.24) is 9.97 Å². The molecule has 0 aliphatic rings. The van der Waals surface area contributed by atoms with Crippen LogP contribution in [0.15, 0.2) is 29.0 Å². The Hall–Kier alpha value is -1.71. The van der Waals surface area contributed by atoms with Gasteiger partial charge in [0.05, 0.1) is 12.5 Å². The normalized spacial score (nSPS) is 10.0. The van der Waals surface area contributed by atoms with E-state index < -0.39 is 0 Å².